The Labute approximate surface area is 133 Å². The fraction of sp³-hybridized carbons (Fsp3) is 0.278. The zero-order valence-electron chi connectivity index (χ0n) is 12.4. The summed E-state index contributed by atoms with van der Waals surface area (Å²) in [5.74, 6) is -0.377. The number of carbonyl (C=O) groups is 1. The van der Waals surface area contributed by atoms with E-state index < -0.39 is 0 Å². The van der Waals surface area contributed by atoms with E-state index >= 15 is 0 Å². The second kappa shape index (κ2) is 6.10. The minimum Gasteiger partial charge on any atom is -0.294 e. The van der Waals surface area contributed by atoms with Crippen LogP contribution in [-0.4, -0.2) is 5.78 Å². The first kappa shape index (κ1) is 15.9. The quantitative estimate of drug-likeness (QED) is 0.686. The monoisotopic (exact) mass is 348 g/mol. The van der Waals surface area contributed by atoms with Crippen LogP contribution >= 0.6 is 15.9 Å². The van der Waals surface area contributed by atoms with Crippen LogP contribution in [0.5, 0.6) is 0 Å². The lowest BCUT2D eigenvalue weighted by Crippen LogP contribution is -2.11. The number of hydrogen-bond acceptors (Lipinski definition) is 1. The Morgan fingerprint density at radius 1 is 1.10 bits per heavy atom. The highest BCUT2D eigenvalue weighted by Crippen LogP contribution is 2.23. The molecule has 1 nitrogen and oxygen atoms in total. The predicted molar refractivity (Wildman–Crippen MR) is 87.3 cm³/mol. The van der Waals surface area contributed by atoms with E-state index in [4.69, 9.17) is 0 Å². The maximum Gasteiger partial charge on any atom is 0.168 e. The van der Waals surface area contributed by atoms with Gasteiger partial charge in [-0.05, 0) is 50.7 Å². The molecule has 110 valence electrons. The SMILES string of the molecule is CC(C)(C)c1ccc(CC(=O)c2ccc(F)cc2Br)cc1. The molecule has 2 aromatic rings. The topological polar surface area (TPSA) is 17.1 Å². The maximum atomic E-state index is 13.1. The van der Waals surface area contributed by atoms with Gasteiger partial charge >= 0.3 is 0 Å². The third-order valence-corrected chi connectivity index (χ3v) is 4.07. The minimum atomic E-state index is -0.354. The van der Waals surface area contributed by atoms with Gasteiger partial charge in [-0.25, -0.2) is 4.39 Å². The van der Waals surface area contributed by atoms with E-state index in [0.29, 0.717) is 16.5 Å². The van der Waals surface area contributed by atoms with Crippen molar-refractivity contribution < 1.29 is 9.18 Å². The summed E-state index contributed by atoms with van der Waals surface area (Å²) in [4.78, 5) is 12.3. The molecule has 0 spiro atoms. The van der Waals surface area contributed by atoms with Crippen LogP contribution in [0.15, 0.2) is 46.9 Å². The van der Waals surface area contributed by atoms with Gasteiger partial charge in [0, 0.05) is 16.5 Å². The average Bonchev–Trinajstić information content (AvgIpc) is 2.38. The summed E-state index contributed by atoms with van der Waals surface area (Å²) in [7, 11) is 0. The van der Waals surface area contributed by atoms with Gasteiger partial charge in [-0.15, -0.1) is 0 Å². The Hall–Kier alpha value is -1.48. The van der Waals surface area contributed by atoms with Gasteiger partial charge in [-0.3, -0.25) is 4.79 Å². The van der Waals surface area contributed by atoms with Crippen LogP contribution in [-0.2, 0) is 11.8 Å². The van der Waals surface area contributed by atoms with E-state index in [1.54, 1.807) is 0 Å². The number of ketones is 1. The lowest BCUT2D eigenvalue weighted by atomic mass is 9.86. The van der Waals surface area contributed by atoms with Crippen LogP contribution in [0.3, 0.4) is 0 Å². The van der Waals surface area contributed by atoms with Gasteiger partial charge in [0.25, 0.3) is 0 Å². The summed E-state index contributed by atoms with van der Waals surface area (Å²) in [5.41, 5.74) is 2.81. The maximum absolute atomic E-state index is 13.1. The van der Waals surface area contributed by atoms with Crippen LogP contribution in [0, 0.1) is 5.82 Å². The lowest BCUT2D eigenvalue weighted by Gasteiger charge is -2.19. The molecular weight excluding hydrogens is 331 g/mol. The Morgan fingerprint density at radius 2 is 1.71 bits per heavy atom. The molecule has 0 bridgehead atoms. The number of benzene rings is 2. The van der Waals surface area contributed by atoms with Gasteiger partial charge in [0.1, 0.15) is 5.82 Å². The van der Waals surface area contributed by atoms with E-state index in [2.05, 4.69) is 48.8 Å². The zero-order valence-corrected chi connectivity index (χ0v) is 14.0. The third kappa shape index (κ3) is 4.01. The molecule has 0 saturated heterocycles. The van der Waals surface area contributed by atoms with Gasteiger partial charge < -0.3 is 0 Å². The molecule has 0 N–H and O–H groups in total. The number of hydrogen-bond donors (Lipinski definition) is 0. The van der Waals surface area contributed by atoms with E-state index in [9.17, 15) is 9.18 Å². The van der Waals surface area contributed by atoms with Crippen molar-refractivity contribution in [3.8, 4) is 0 Å². The fourth-order valence-electron chi connectivity index (χ4n) is 2.12. The zero-order chi connectivity index (χ0) is 15.6. The summed E-state index contributed by atoms with van der Waals surface area (Å²) in [6, 6.07) is 12.2. The molecule has 0 aliphatic carbocycles. The third-order valence-electron chi connectivity index (χ3n) is 3.42. The van der Waals surface area contributed by atoms with Gasteiger partial charge in [0.05, 0.1) is 0 Å². The second-order valence-electron chi connectivity index (χ2n) is 6.17. The molecule has 21 heavy (non-hydrogen) atoms. The highest BCUT2D eigenvalue weighted by Gasteiger charge is 2.15. The molecule has 3 heteroatoms. The molecule has 2 rings (SSSR count). The number of carbonyl (C=O) groups excluding carboxylic acids is 1. The first-order valence-electron chi connectivity index (χ1n) is 6.85. The van der Waals surface area contributed by atoms with Gasteiger partial charge in [0.2, 0.25) is 0 Å². The Kier molecular flexibility index (Phi) is 4.62. The molecule has 2 aromatic carbocycles. The molecule has 0 unspecified atom stereocenters. The van der Waals surface area contributed by atoms with Crippen molar-refractivity contribution in [3.63, 3.8) is 0 Å². The molecule has 0 amide bonds. The highest BCUT2D eigenvalue weighted by atomic mass is 79.9. The molecule has 0 fully saturated rings. The van der Waals surface area contributed by atoms with Crippen LogP contribution in [0.25, 0.3) is 0 Å². The van der Waals surface area contributed by atoms with E-state index in [1.807, 2.05) is 12.1 Å². The van der Waals surface area contributed by atoms with Crippen molar-refractivity contribution in [2.75, 3.05) is 0 Å². The lowest BCUT2D eigenvalue weighted by molar-refractivity contribution is 0.0992. The fourth-order valence-corrected chi connectivity index (χ4v) is 2.69. The summed E-state index contributed by atoms with van der Waals surface area (Å²) in [5, 5.41) is 0. The van der Waals surface area contributed by atoms with Gasteiger partial charge in [-0.2, -0.15) is 0 Å². The molecule has 0 atom stereocenters. The number of Topliss-reactive ketones (excluding diaryl/α,β-unsaturated/α-hetero) is 1. The molecule has 0 aromatic heterocycles. The Bertz CT molecular complexity index is 654. The van der Waals surface area contributed by atoms with Crippen LogP contribution in [0.2, 0.25) is 0 Å². The summed E-state index contributed by atoms with van der Waals surface area (Å²) in [6.07, 6.45) is 0.314. The van der Waals surface area contributed by atoms with Crippen molar-refractivity contribution in [3.05, 3.63) is 69.4 Å². The first-order chi connectivity index (χ1) is 9.77. The summed E-state index contributed by atoms with van der Waals surface area (Å²) < 4.78 is 13.6. The number of rotatable bonds is 3. The second-order valence-corrected chi connectivity index (χ2v) is 7.03. The summed E-state index contributed by atoms with van der Waals surface area (Å²) in [6.45, 7) is 6.47. The molecule has 0 saturated carbocycles. The Morgan fingerprint density at radius 3 is 2.24 bits per heavy atom. The largest absolute Gasteiger partial charge is 0.294 e. The molecule has 0 aliphatic rings. The molecular formula is C18H18BrFO. The van der Waals surface area contributed by atoms with Crippen molar-refractivity contribution in [2.45, 2.75) is 32.6 Å². The van der Waals surface area contributed by atoms with Crippen LogP contribution in [0.1, 0.15) is 42.3 Å². The van der Waals surface area contributed by atoms with Crippen molar-refractivity contribution in [1.29, 1.82) is 0 Å². The molecule has 0 radical (unpaired) electrons. The summed E-state index contributed by atoms with van der Waals surface area (Å²) >= 11 is 3.24. The van der Waals surface area contributed by atoms with Crippen molar-refractivity contribution in [1.82, 2.24) is 0 Å². The smallest absolute Gasteiger partial charge is 0.168 e. The molecule has 0 heterocycles. The van der Waals surface area contributed by atoms with E-state index in [-0.39, 0.29) is 17.0 Å². The minimum absolute atomic E-state index is 0.0228. The van der Waals surface area contributed by atoms with Gasteiger partial charge in [-0.1, -0.05) is 45.0 Å². The van der Waals surface area contributed by atoms with Crippen molar-refractivity contribution in [2.24, 2.45) is 0 Å². The van der Waals surface area contributed by atoms with Crippen LogP contribution < -0.4 is 0 Å². The normalized spacial score (nSPS) is 11.5. The van der Waals surface area contributed by atoms with E-state index in [1.165, 1.54) is 23.8 Å². The highest BCUT2D eigenvalue weighted by molar-refractivity contribution is 9.10. The standard InChI is InChI=1S/C18H18BrFO/c1-18(2,3)13-6-4-12(5-7-13)10-17(21)15-9-8-14(20)11-16(15)19/h4-9,11H,10H2,1-3H3. The number of halogens is 2. The predicted octanol–water partition coefficient (Wildman–Crippen LogP) is 5.31. The van der Waals surface area contributed by atoms with Crippen molar-refractivity contribution >= 4 is 21.7 Å². The van der Waals surface area contributed by atoms with Crippen LogP contribution in [0.4, 0.5) is 4.39 Å². The molecule has 0 aliphatic heterocycles. The average molecular weight is 349 g/mol. The first-order valence-corrected chi connectivity index (χ1v) is 7.64. The van der Waals surface area contributed by atoms with E-state index in [0.717, 1.165) is 5.56 Å². The van der Waals surface area contributed by atoms with Gasteiger partial charge in [0.15, 0.2) is 5.78 Å². The Balaban J connectivity index is 2.16.